The fourth-order valence-corrected chi connectivity index (χ4v) is 3.51. The third-order valence-electron chi connectivity index (χ3n) is 4.86. The second-order valence-electron chi connectivity index (χ2n) is 6.37. The summed E-state index contributed by atoms with van der Waals surface area (Å²) in [4.78, 5) is 64.0. The van der Waals surface area contributed by atoms with Gasteiger partial charge in [0, 0.05) is 22.3 Å². The number of ether oxygens (including phenoxy) is 1. The van der Waals surface area contributed by atoms with Crippen LogP contribution in [0.5, 0.6) is 0 Å². The van der Waals surface area contributed by atoms with E-state index in [-0.39, 0.29) is 22.3 Å². The Morgan fingerprint density at radius 1 is 0.690 bits per heavy atom. The summed E-state index contributed by atoms with van der Waals surface area (Å²) < 4.78 is 4.66. The minimum absolute atomic E-state index is 0.00735. The lowest BCUT2D eigenvalue weighted by Gasteiger charge is -2.24. The molecular formula is C22H12O7. The Balaban J connectivity index is 2.11. The van der Waals surface area contributed by atoms with Crippen molar-refractivity contribution in [3.63, 3.8) is 0 Å². The van der Waals surface area contributed by atoms with E-state index in [0.29, 0.717) is 0 Å². The number of carbonyl (C=O) groups excluding carboxylic acids is 5. The zero-order valence-electron chi connectivity index (χ0n) is 15.0. The number of aliphatic hydroxyl groups is 1. The van der Waals surface area contributed by atoms with E-state index in [9.17, 15) is 29.1 Å². The summed E-state index contributed by atoms with van der Waals surface area (Å²) in [6, 6.07) is 11.6. The van der Waals surface area contributed by atoms with E-state index < -0.39 is 51.6 Å². The lowest BCUT2D eigenvalue weighted by molar-refractivity contribution is -0.135. The molecule has 142 valence electrons. The first-order valence-corrected chi connectivity index (χ1v) is 8.51. The second-order valence-corrected chi connectivity index (χ2v) is 6.37. The monoisotopic (exact) mass is 388 g/mol. The number of hydrogen-bond donors (Lipinski definition) is 1. The molecule has 0 amide bonds. The Morgan fingerprint density at radius 2 is 1.14 bits per heavy atom. The Bertz CT molecular complexity index is 1230. The van der Waals surface area contributed by atoms with Gasteiger partial charge in [-0.05, 0) is 0 Å². The number of aliphatic hydroxyl groups excluding tert-OH is 1. The van der Waals surface area contributed by atoms with Crippen molar-refractivity contribution in [1.82, 2.24) is 0 Å². The van der Waals surface area contributed by atoms with Gasteiger partial charge in [0.2, 0.25) is 11.6 Å². The summed E-state index contributed by atoms with van der Waals surface area (Å²) >= 11 is 0. The number of hydrogen-bond acceptors (Lipinski definition) is 7. The van der Waals surface area contributed by atoms with Gasteiger partial charge in [0.25, 0.3) is 0 Å². The predicted octanol–water partition coefficient (Wildman–Crippen LogP) is 2.27. The number of carbonyl (C=O) groups is 5. The zero-order valence-corrected chi connectivity index (χ0v) is 15.0. The molecule has 7 nitrogen and oxygen atoms in total. The van der Waals surface area contributed by atoms with Crippen molar-refractivity contribution in [2.45, 2.75) is 0 Å². The lowest BCUT2D eigenvalue weighted by Crippen LogP contribution is -2.34. The van der Waals surface area contributed by atoms with Gasteiger partial charge in [-0.3, -0.25) is 19.2 Å². The van der Waals surface area contributed by atoms with Crippen molar-refractivity contribution in [2.75, 3.05) is 7.11 Å². The standard InChI is InChI=1S/C22H12O7/c1-29-22(28)16-14(17(23)10-6-2-3-7-11(10)19(16)25)15-18(24)12-8-4-5-9-13(12)20(26)21(15)27/h2-9,25H,1H3/b15-14-. The van der Waals surface area contributed by atoms with Crippen LogP contribution in [0.4, 0.5) is 0 Å². The van der Waals surface area contributed by atoms with Crippen LogP contribution in [0.3, 0.4) is 0 Å². The minimum atomic E-state index is -1.22. The van der Waals surface area contributed by atoms with Gasteiger partial charge in [-0.25, -0.2) is 4.79 Å². The van der Waals surface area contributed by atoms with Crippen molar-refractivity contribution in [1.29, 1.82) is 0 Å². The maximum Gasteiger partial charge on any atom is 0.342 e. The SMILES string of the molecule is COC(=O)C1=C(O)c2ccccc2C(=O)/C1=C1\C(=O)C(=O)c2ccccc2C1=O. The Morgan fingerprint density at radius 3 is 1.69 bits per heavy atom. The minimum Gasteiger partial charge on any atom is -0.506 e. The van der Waals surface area contributed by atoms with Crippen LogP contribution in [0, 0.1) is 0 Å². The molecular weight excluding hydrogens is 376 g/mol. The fourth-order valence-electron chi connectivity index (χ4n) is 3.51. The maximum atomic E-state index is 13.2. The molecule has 2 aliphatic rings. The van der Waals surface area contributed by atoms with E-state index >= 15 is 0 Å². The number of rotatable bonds is 1. The molecule has 0 bridgehead atoms. The topological polar surface area (TPSA) is 115 Å². The van der Waals surface area contributed by atoms with E-state index in [0.717, 1.165) is 7.11 Å². The van der Waals surface area contributed by atoms with E-state index in [1.807, 2.05) is 0 Å². The Kier molecular flexibility index (Phi) is 4.08. The van der Waals surface area contributed by atoms with Crippen molar-refractivity contribution >= 4 is 34.9 Å². The van der Waals surface area contributed by atoms with Crippen LogP contribution in [0.1, 0.15) is 36.6 Å². The Hall–Kier alpha value is -4.13. The first-order chi connectivity index (χ1) is 13.9. The Labute approximate surface area is 163 Å². The van der Waals surface area contributed by atoms with E-state index in [2.05, 4.69) is 4.74 Å². The third-order valence-corrected chi connectivity index (χ3v) is 4.86. The third kappa shape index (κ3) is 2.48. The van der Waals surface area contributed by atoms with Crippen LogP contribution >= 0.6 is 0 Å². The van der Waals surface area contributed by atoms with Gasteiger partial charge in [0.15, 0.2) is 11.6 Å². The number of ketones is 4. The maximum absolute atomic E-state index is 13.2. The number of benzene rings is 2. The second kappa shape index (κ2) is 6.49. The highest BCUT2D eigenvalue weighted by molar-refractivity contribution is 6.60. The first kappa shape index (κ1) is 18.2. The normalized spacial score (nSPS) is 18.5. The van der Waals surface area contributed by atoms with Crippen LogP contribution in [0.25, 0.3) is 5.76 Å². The van der Waals surface area contributed by atoms with Crippen LogP contribution in [0.15, 0.2) is 65.3 Å². The molecule has 0 heterocycles. The first-order valence-electron chi connectivity index (χ1n) is 8.51. The molecule has 1 N–H and O–H groups in total. The van der Waals surface area contributed by atoms with Crippen LogP contribution in [-0.2, 0) is 14.3 Å². The van der Waals surface area contributed by atoms with Crippen LogP contribution in [-0.4, -0.2) is 41.3 Å². The van der Waals surface area contributed by atoms with Crippen molar-refractivity contribution in [3.05, 3.63) is 87.5 Å². The largest absolute Gasteiger partial charge is 0.506 e. The summed E-state index contributed by atoms with van der Waals surface area (Å²) in [7, 11) is 1.03. The summed E-state index contributed by atoms with van der Waals surface area (Å²) in [5, 5.41) is 10.7. The van der Waals surface area contributed by atoms with Crippen molar-refractivity contribution in [2.24, 2.45) is 0 Å². The quantitative estimate of drug-likeness (QED) is 0.345. The fraction of sp³-hybridized carbons (Fsp3) is 0.0455. The molecule has 0 unspecified atom stereocenters. The molecule has 0 fully saturated rings. The molecule has 0 aromatic heterocycles. The molecule has 2 aromatic rings. The molecule has 7 heteroatoms. The predicted molar refractivity (Wildman–Crippen MR) is 99.5 cm³/mol. The highest BCUT2D eigenvalue weighted by Crippen LogP contribution is 2.38. The summed E-state index contributed by atoms with van der Waals surface area (Å²) in [6.07, 6.45) is 0. The average molecular weight is 388 g/mol. The van der Waals surface area contributed by atoms with Crippen molar-refractivity contribution in [3.8, 4) is 0 Å². The molecule has 0 saturated heterocycles. The highest BCUT2D eigenvalue weighted by atomic mass is 16.5. The molecule has 4 rings (SSSR count). The van der Waals surface area contributed by atoms with Crippen molar-refractivity contribution < 1.29 is 33.8 Å². The van der Waals surface area contributed by atoms with Gasteiger partial charge >= 0.3 is 5.97 Å². The van der Waals surface area contributed by atoms with E-state index in [1.54, 1.807) is 6.07 Å². The van der Waals surface area contributed by atoms with Gasteiger partial charge in [0.1, 0.15) is 11.3 Å². The van der Waals surface area contributed by atoms with E-state index in [1.165, 1.54) is 42.5 Å². The smallest absolute Gasteiger partial charge is 0.342 e. The number of methoxy groups -OCH3 is 1. The van der Waals surface area contributed by atoms with Gasteiger partial charge in [0.05, 0.1) is 18.3 Å². The zero-order chi connectivity index (χ0) is 20.9. The van der Waals surface area contributed by atoms with Gasteiger partial charge in [-0.2, -0.15) is 0 Å². The van der Waals surface area contributed by atoms with Gasteiger partial charge in [-0.1, -0.05) is 48.5 Å². The number of allylic oxidation sites excluding steroid dienone is 1. The molecule has 29 heavy (non-hydrogen) atoms. The molecule has 0 atom stereocenters. The molecule has 2 aromatic carbocycles. The average Bonchev–Trinajstić information content (AvgIpc) is 2.75. The summed E-state index contributed by atoms with van der Waals surface area (Å²) in [5.41, 5.74) is -2.10. The van der Waals surface area contributed by atoms with E-state index in [4.69, 9.17) is 0 Å². The number of fused-ring (bicyclic) bond motifs is 2. The summed E-state index contributed by atoms with van der Waals surface area (Å²) in [6.45, 7) is 0. The van der Waals surface area contributed by atoms with Gasteiger partial charge in [-0.15, -0.1) is 0 Å². The lowest BCUT2D eigenvalue weighted by atomic mass is 9.76. The molecule has 2 aliphatic carbocycles. The van der Waals surface area contributed by atoms with Crippen LogP contribution < -0.4 is 0 Å². The highest BCUT2D eigenvalue weighted by Gasteiger charge is 2.44. The van der Waals surface area contributed by atoms with Crippen LogP contribution in [0.2, 0.25) is 0 Å². The molecule has 0 aliphatic heterocycles. The number of esters is 1. The number of Topliss-reactive ketones (excluding diaryl/α,β-unsaturated/α-hetero) is 4. The molecule has 0 spiro atoms. The van der Waals surface area contributed by atoms with Gasteiger partial charge < -0.3 is 9.84 Å². The summed E-state index contributed by atoms with van der Waals surface area (Å²) in [5.74, 6) is -5.62. The molecule has 0 saturated carbocycles. The molecule has 0 radical (unpaired) electrons.